The fourth-order valence-corrected chi connectivity index (χ4v) is 3.89. The van der Waals surface area contributed by atoms with Gasteiger partial charge in [0.15, 0.2) is 16.6 Å². The van der Waals surface area contributed by atoms with Crippen molar-refractivity contribution in [3.05, 3.63) is 57.2 Å². The number of thiocarbonyl (C=S) groups is 1. The molecule has 2 amide bonds. The van der Waals surface area contributed by atoms with Gasteiger partial charge >= 0.3 is 0 Å². The van der Waals surface area contributed by atoms with Gasteiger partial charge < -0.3 is 9.47 Å². The standard InChI is InChI=1S/C22H17IN2O4S/c1-3-10-29-19-17(23)12-14(13-18(19)28-4-2)11-16-20(26)24-22(30)25(21(16)27)15-8-6-5-7-9-15/h1,5-9,11-13H,4,10H2,2H3,(H,24,26,30)/b16-11-. The van der Waals surface area contributed by atoms with Crippen molar-refractivity contribution in [1.29, 1.82) is 0 Å². The normalized spacial score (nSPS) is 15.0. The van der Waals surface area contributed by atoms with Gasteiger partial charge in [0.25, 0.3) is 11.8 Å². The summed E-state index contributed by atoms with van der Waals surface area (Å²) in [5.74, 6) is 2.35. The lowest BCUT2D eigenvalue weighted by Crippen LogP contribution is -2.54. The lowest BCUT2D eigenvalue weighted by atomic mass is 10.1. The molecule has 1 aliphatic rings. The molecule has 0 radical (unpaired) electrons. The van der Waals surface area contributed by atoms with Gasteiger partial charge in [-0.15, -0.1) is 6.42 Å². The highest BCUT2D eigenvalue weighted by molar-refractivity contribution is 14.1. The van der Waals surface area contributed by atoms with E-state index in [0.29, 0.717) is 29.4 Å². The highest BCUT2D eigenvalue weighted by Crippen LogP contribution is 2.35. The lowest BCUT2D eigenvalue weighted by Gasteiger charge is -2.28. The number of carbonyl (C=O) groups excluding carboxylic acids is 2. The molecule has 1 N–H and O–H groups in total. The molecule has 1 heterocycles. The summed E-state index contributed by atoms with van der Waals surface area (Å²) in [7, 11) is 0. The van der Waals surface area contributed by atoms with Crippen LogP contribution >= 0.6 is 34.8 Å². The van der Waals surface area contributed by atoms with Crippen LogP contribution in [-0.2, 0) is 9.59 Å². The maximum Gasteiger partial charge on any atom is 0.270 e. The second kappa shape index (κ2) is 9.73. The van der Waals surface area contributed by atoms with E-state index >= 15 is 0 Å². The molecule has 2 aromatic rings. The van der Waals surface area contributed by atoms with Crippen LogP contribution in [0.2, 0.25) is 0 Å². The first-order chi connectivity index (χ1) is 14.5. The van der Waals surface area contributed by atoms with Gasteiger partial charge in [-0.3, -0.25) is 19.8 Å². The van der Waals surface area contributed by atoms with Crippen LogP contribution in [0.25, 0.3) is 6.08 Å². The molecule has 1 aliphatic heterocycles. The number of rotatable bonds is 6. The Balaban J connectivity index is 2.02. The van der Waals surface area contributed by atoms with E-state index in [1.807, 2.05) is 13.0 Å². The molecular weight excluding hydrogens is 515 g/mol. The van der Waals surface area contributed by atoms with Gasteiger partial charge in [-0.05, 0) is 77.6 Å². The highest BCUT2D eigenvalue weighted by Gasteiger charge is 2.34. The number of nitrogens with one attached hydrogen (secondary N) is 1. The average Bonchev–Trinajstić information content (AvgIpc) is 2.71. The van der Waals surface area contributed by atoms with Crippen molar-refractivity contribution in [2.45, 2.75) is 6.92 Å². The number of para-hydroxylation sites is 1. The van der Waals surface area contributed by atoms with Crippen molar-refractivity contribution in [1.82, 2.24) is 5.32 Å². The quantitative estimate of drug-likeness (QED) is 0.203. The van der Waals surface area contributed by atoms with E-state index in [9.17, 15) is 9.59 Å². The van der Waals surface area contributed by atoms with Crippen LogP contribution in [0.15, 0.2) is 48.0 Å². The predicted molar refractivity (Wildman–Crippen MR) is 127 cm³/mol. The van der Waals surface area contributed by atoms with Crippen molar-refractivity contribution in [3.8, 4) is 23.8 Å². The third kappa shape index (κ3) is 4.63. The van der Waals surface area contributed by atoms with Crippen molar-refractivity contribution < 1.29 is 19.1 Å². The van der Waals surface area contributed by atoms with Crippen molar-refractivity contribution in [2.24, 2.45) is 0 Å². The third-order valence-electron chi connectivity index (χ3n) is 4.06. The Hall–Kier alpha value is -2.90. The molecule has 3 rings (SSSR count). The Bertz CT molecular complexity index is 1080. The van der Waals surface area contributed by atoms with Crippen molar-refractivity contribution >= 4 is 63.5 Å². The highest BCUT2D eigenvalue weighted by atomic mass is 127. The Labute approximate surface area is 193 Å². The number of carbonyl (C=O) groups is 2. The Kier molecular flexibility index (Phi) is 7.07. The van der Waals surface area contributed by atoms with E-state index in [0.717, 1.165) is 3.57 Å². The number of amides is 2. The van der Waals surface area contributed by atoms with Crippen molar-refractivity contribution in [2.75, 3.05) is 18.1 Å². The SMILES string of the molecule is C#CCOc1c(I)cc(/C=C2/C(=O)NC(=S)N(c3ccccc3)C2=O)cc1OCC. The molecule has 1 saturated heterocycles. The summed E-state index contributed by atoms with van der Waals surface area (Å²) in [6.45, 7) is 2.36. The molecule has 0 unspecified atom stereocenters. The first-order valence-corrected chi connectivity index (χ1v) is 10.4. The van der Waals surface area contributed by atoms with Gasteiger partial charge in [0.05, 0.1) is 15.9 Å². The summed E-state index contributed by atoms with van der Waals surface area (Å²) in [5.41, 5.74) is 1.14. The zero-order chi connectivity index (χ0) is 21.7. The maximum atomic E-state index is 13.1. The van der Waals surface area contributed by atoms with Gasteiger partial charge in [0.1, 0.15) is 12.2 Å². The summed E-state index contributed by atoms with van der Waals surface area (Å²) >= 11 is 7.30. The van der Waals surface area contributed by atoms with E-state index in [1.54, 1.807) is 36.4 Å². The molecule has 0 saturated carbocycles. The molecule has 1 fully saturated rings. The van der Waals surface area contributed by atoms with Gasteiger partial charge in [0.2, 0.25) is 0 Å². The summed E-state index contributed by atoms with van der Waals surface area (Å²) in [6.07, 6.45) is 6.79. The molecule has 2 aromatic carbocycles. The largest absolute Gasteiger partial charge is 0.490 e. The number of anilines is 1. The number of benzene rings is 2. The number of nitrogens with zero attached hydrogens (tertiary/aromatic N) is 1. The van der Waals surface area contributed by atoms with Gasteiger partial charge in [-0.2, -0.15) is 0 Å². The minimum atomic E-state index is -0.558. The van der Waals surface area contributed by atoms with E-state index in [2.05, 4.69) is 33.8 Å². The number of ether oxygens (including phenoxy) is 2. The molecule has 8 heteroatoms. The fourth-order valence-electron chi connectivity index (χ4n) is 2.82. The van der Waals surface area contributed by atoms with Gasteiger partial charge in [-0.1, -0.05) is 24.1 Å². The summed E-state index contributed by atoms with van der Waals surface area (Å²) in [6, 6.07) is 12.4. The molecule has 0 atom stereocenters. The second-order valence-electron chi connectivity index (χ2n) is 6.05. The number of hydrogen-bond acceptors (Lipinski definition) is 5. The Morgan fingerprint density at radius 1 is 1.23 bits per heavy atom. The average molecular weight is 532 g/mol. The molecule has 30 heavy (non-hydrogen) atoms. The maximum absolute atomic E-state index is 13.1. The first kappa shape index (κ1) is 21.8. The molecule has 6 nitrogen and oxygen atoms in total. The van der Waals surface area contributed by atoms with Crippen LogP contribution in [0.1, 0.15) is 12.5 Å². The van der Waals surface area contributed by atoms with E-state index in [4.69, 9.17) is 28.1 Å². The monoisotopic (exact) mass is 532 g/mol. The van der Waals surface area contributed by atoms with Crippen LogP contribution in [0, 0.1) is 15.9 Å². The lowest BCUT2D eigenvalue weighted by molar-refractivity contribution is -0.122. The van der Waals surface area contributed by atoms with E-state index in [-0.39, 0.29) is 17.3 Å². The van der Waals surface area contributed by atoms with Crippen LogP contribution in [0.4, 0.5) is 5.69 Å². The smallest absolute Gasteiger partial charge is 0.270 e. The molecule has 152 valence electrons. The third-order valence-corrected chi connectivity index (χ3v) is 5.14. The minimum absolute atomic E-state index is 0.0379. The van der Waals surface area contributed by atoms with Gasteiger partial charge in [-0.25, -0.2) is 0 Å². The first-order valence-electron chi connectivity index (χ1n) is 8.95. The van der Waals surface area contributed by atoms with E-state index in [1.165, 1.54) is 11.0 Å². The second-order valence-corrected chi connectivity index (χ2v) is 7.60. The summed E-state index contributed by atoms with van der Waals surface area (Å²) in [4.78, 5) is 26.9. The zero-order valence-corrected chi connectivity index (χ0v) is 19.0. The van der Waals surface area contributed by atoms with Crippen LogP contribution in [0.5, 0.6) is 11.5 Å². The summed E-state index contributed by atoms with van der Waals surface area (Å²) in [5, 5.41) is 2.61. The Morgan fingerprint density at radius 2 is 1.97 bits per heavy atom. The molecule has 0 aromatic heterocycles. The molecule has 0 bridgehead atoms. The topological polar surface area (TPSA) is 67.9 Å². The predicted octanol–water partition coefficient (Wildman–Crippen LogP) is 3.53. The van der Waals surface area contributed by atoms with Crippen LogP contribution < -0.4 is 19.7 Å². The van der Waals surface area contributed by atoms with Crippen molar-refractivity contribution in [3.63, 3.8) is 0 Å². The van der Waals surface area contributed by atoms with Crippen LogP contribution in [0.3, 0.4) is 0 Å². The molecular formula is C22H17IN2O4S. The molecule has 0 spiro atoms. The summed E-state index contributed by atoms with van der Waals surface area (Å²) < 4.78 is 12.0. The number of hydrogen-bond donors (Lipinski definition) is 1. The zero-order valence-electron chi connectivity index (χ0n) is 16.0. The fraction of sp³-hybridized carbons (Fsp3) is 0.136. The minimum Gasteiger partial charge on any atom is -0.490 e. The Morgan fingerprint density at radius 3 is 2.63 bits per heavy atom. The molecule has 0 aliphatic carbocycles. The number of terminal acetylenes is 1. The van der Waals surface area contributed by atoms with E-state index < -0.39 is 11.8 Å². The number of halogens is 1. The van der Waals surface area contributed by atoms with Gasteiger partial charge in [0, 0.05) is 0 Å². The van der Waals surface area contributed by atoms with Crippen LogP contribution in [-0.4, -0.2) is 30.1 Å².